The SMILES string of the molecule is Cc1[nH]c(=O)[nH]c(=O)c1CCC(=O)Nc1nccs1. The summed E-state index contributed by atoms with van der Waals surface area (Å²) in [6, 6.07) is 0. The van der Waals surface area contributed by atoms with Crippen LogP contribution in [0.5, 0.6) is 0 Å². The molecule has 0 spiro atoms. The van der Waals surface area contributed by atoms with Crippen LogP contribution >= 0.6 is 11.3 Å². The molecule has 7 nitrogen and oxygen atoms in total. The van der Waals surface area contributed by atoms with Crippen LogP contribution in [0.4, 0.5) is 5.13 Å². The molecule has 8 heteroatoms. The Hall–Kier alpha value is -2.22. The number of carbonyl (C=O) groups is 1. The fourth-order valence-electron chi connectivity index (χ4n) is 1.63. The van der Waals surface area contributed by atoms with Crippen LogP contribution in [0, 0.1) is 6.92 Å². The Morgan fingerprint density at radius 1 is 1.42 bits per heavy atom. The molecule has 0 saturated heterocycles. The zero-order valence-electron chi connectivity index (χ0n) is 10.1. The number of aromatic nitrogens is 3. The third-order valence-corrected chi connectivity index (χ3v) is 3.22. The van der Waals surface area contributed by atoms with Gasteiger partial charge in [-0.1, -0.05) is 0 Å². The molecule has 2 aromatic heterocycles. The predicted octanol–water partition coefficient (Wildman–Crippen LogP) is 0.399. The van der Waals surface area contributed by atoms with E-state index in [0.717, 1.165) is 0 Å². The zero-order chi connectivity index (χ0) is 13.8. The first-order chi connectivity index (χ1) is 9.06. The summed E-state index contributed by atoms with van der Waals surface area (Å²) in [4.78, 5) is 42.8. The molecule has 0 bridgehead atoms. The van der Waals surface area contributed by atoms with Gasteiger partial charge in [0, 0.05) is 29.3 Å². The van der Waals surface area contributed by atoms with Crippen molar-refractivity contribution < 1.29 is 4.79 Å². The average molecular weight is 280 g/mol. The summed E-state index contributed by atoms with van der Waals surface area (Å²) in [5.41, 5.74) is -0.105. The number of nitrogens with zero attached hydrogens (tertiary/aromatic N) is 1. The summed E-state index contributed by atoms with van der Waals surface area (Å²) in [6.45, 7) is 1.63. The van der Waals surface area contributed by atoms with Crippen LogP contribution in [0.1, 0.15) is 17.7 Å². The lowest BCUT2D eigenvalue weighted by Crippen LogP contribution is -2.27. The molecule has 19 heavy (non-hydrogen) atoms. The molecule has 0 atom stereocenters. The summed E-state index contributed by atoms with van der Waals surface area (Å²) in [7, 11) is 0. The molecule has 0 radical (unpaired) electrons. The van der Waals surface area contributed by atoms with E-state index in [-0.39, 0.29) is 18.7 Å². The average Bonchev–Trinajstić information content (AvgIpc) is 2.80. The Morgan fingerprint density at radius 3 is 2.84 bits per heavy atom. The zero-order valence-corrected chi connectivity index (χ0v) is 11.0. The van der Waals surface area contributed by atoms with Crippen LogP contribution in [0.15, 0.2) is 21.2 Å². The summed E-state index contributed by atoms with van der Waals surface area (Å²) in [5.74, 6) is -0.222. The molecule has 0 aliphatic carbocycles. The molecule has 100 valence electrons. The predicted molar refractivity (Wildman–Crippen MR) is 71.5 cm³/mol. The number of aryl methyl sites for hydroxylation is 1. The highest BCUT2D eigenvalue weighted by molar-refractivity contribution is 7.13. The lowest BCUT2D eigenvalue weighted by Gasteiger charge is -2.04. The van der Waals surface area contributed by atoms with Gasteiger partial charge in [-0.25, -0.2) is 9.78 Å². The largest absolute Gasteiger partial charge is 0.325 e. The second-order valence-corrected chi connectivity index (χ2v) is 4.79. The van der Waals surface area contributed by atoms with Crippen LogP contribution in [-0.4, -0.2) is 20.9 Å². The fraction of sp³-hybridized carbons (Fsp3) is 0.273. The molecule has 0 aliphatic rings. The Kier molecular flexibility index (Phi) is 3.91. The highest BCUT2D eigenvalue weighted by Gasteiger charge is 2.09. The molecule has 2 aromatic rings. The maximum Gasteiger partial charge on any atom is 0.325 e. The Labute approximate surface area is 111 Å². The van der Waals surface area contributed by atoms with Gasteiger partial charge in [-0.05, 0) is 13.3 Å². The van der Waals surface area contributed by atoms with Gasteiger partial charge in [-0.2, -0.15) is 0 Å². The van der Waals surface area contributed by atoms with Crippen LogP contribution in [0.25, 0.3) is 0 Å². The molecule has 2 rings (SSSR count). The topological polar surface area (TPSA) is 108 Å². The van der Waals surface area contributed by atoms with Gasteiger partial charge < -0.3 is 10.3 Å². The molecule has 0 unspecified atom stereocenters. The van der Waals surface area contributed by atoms with Crippen molar-refractivity contribution in [3.63, 3.8) is 0 Å². The van der Waals surface area contributed by atoms with Crippen LogP contribution in [0.3, 0.4) is 0 Å². The maximum atomic E-state index is 11.6. The first-order valence-corrected chi connectivity index (χ1v) is 6.45. The normalized spacial score (nSPS) is 10.4. The second kappa shape index (κ2) is 5.61. The Balaban J connectivity index is 2.01. The van der Waals surface area contributed by atoms with Crippen molar-refractivity contribution in [2.24, 2.45) is 0 Å². The van der Waals surface area contributed by atoms with E-state index in [1.165, 1.54) is 11.3 Å². The summed E-state index contributed by atoms with van der Waals surface area (Å²) < 4.78 is 0. The number of amides is 1. The van der Waals surface area contributed by atoms with E-state index >= 15 is 0 Å². The molecule has 0 aromatic carbocycles. The van der Waals surface area contributed by atoms with Crippen molar-refractivity contribution in [3.8, 4) is 0 Å². The minimum absolute atomic E-state index is 0.148. The smallest absolute Gasteiger partial charge is 0.311 e. The van der Waals surface area contributed by atoms with Gasteiger partial charge >= 0.3 is 5.69 Å². The number of hydrogen-bond acceptors (Lipinski definition) is 5. The van der Waals surface area contributed by atoms with Gasteiger partial charge in [-0.3, -0.25) is 14.6 Å². The number of rotatable bonds is 4. The summed E-state index contributed by atoms with van der Waals surface area (Å²) in [6.07, 6.45) is 2.00. The van der Waals surface area contributed by atoms with E-state index < -0.39 is 11.2 Å². The lowest BCUT2D eigenvalue weighted by molar-refractivity contribution is -0.116. The minimum Gasteiger partial charge on any atom is -0.311 e. The molecular weight excluding hydrogens is 268 g/mol. The van der Waals surface area contributed by atoms with E-state index in [2.05, 4.69) is 20.3 Å². The number of aromatic amines is 2. The molecule has 3 N–H and O–H groups in total. The van der Waals surface area contributed by atoms with E-state index in [4.69, 9.17) is 0 Å². The van der Waals surface area contributed by atoms with Gasteiger partial charge in [0.1, 0.15) is 0 Å². The van der Waals surface area contributed by atoms with Crippen molar-refractivity contribution in [3.05, 3.63) is 43.7 Å². The highest BCUT2D eigenvalue weighted by Crippen LogP contribution is 2.11. The first-order valence-electron chi connectivity index (χ1n) is 5.57. The second-order valence-electron chi connectivity index (χ2n) is 3.90. The molecule has 0 aliphatic heterocycles. The van der Waals surface area contributed by atoms with Gasteiger partial charge in [0.05, 0.1) is 0 Å². The standard InChI is InChI=1S/C11H12N4O3S/c1-6-7(9(17)15-10(18)13-6)2-3-8(16)14-11-12-4-5-19-11/h4-5H,2-3H2,1H3,(H,12,14,16)(H2,13,15,17,18). The maximum absolute atomic E-state index is 11.6. The molecule has 2 heterocycles. The fourth-order valence-corrected chi connectivity index (χ4v) is 2.18. The van der Waals surface area contributed by atoms with Crippen molar-refractivity contribution in [2.45, 2.75) is 19.8 Å². The molecule has 0 saturated carbocycles. The monoisotopic (exact) mass is 280 g/mol. The third-order valence-electron chi connectivity index (χ3n) is 2.54. The van der Waals surface area contributed by atoms with Crippen molar-refractivity contribution in [1.82, 2.24) is 15.0 Å². The first kappa shape index (κ1) is 13.2. The van der Waals surface area contributed by atoms with Gasteiger partial charge in [0.15, 0.2) is 5.13 Å². The minimum atomic E-state index is -0.543. The number of nitrogens with one attached hydrogen (secondary N) is 3. The van der Waals surface area contributed by atoms with Gasteiger partial charge in [0.2, 0.25) is 5.91 Å². The third kappa shape index (κ3) is 3.38. The number of thiazole rings is 1. The number of H-pyrrole nitrogens is 2. The lowest BCUT2D eigenvalue weighted by atomic mass is 10.1. The van der Waals surface area contributed by atoms with E-state index in [9.17, 15) is 14.4 Å². The van der Waals surface area contributed by atoms with Crippen LogP contribution in [-0.2, 0) is 11.2 Å². The molecule has 1 amide bonds. The van der Waals surface area contributed by atoms with Crippen LogP contribution in [0.2, 0.25) is 0 Å². The summed E-state index contributed by atoms with van der Waals surface area (Å²) in [5, 5.41) is 4.91. The Morgan fingerprint density at radius 2 is 2.21 bits per heavy atom. The van der Waals surface area contributed by atoms with Crippen LogP contribution < -0.4 is 16.6 Å². The van der Waals surface area contributed by atoms with Crippen molar-refractivity contribution in [2.75, 3.05) is 5.32 Å². The van der Waals surface area contributed by atoms with E-state index in [1.54, 1.807) is 18.5 Å². The Bertz CT molecular complexity index is 687. The van der Waals surface area contributed by atoms with E-state index in [0.29, 0.717) is 16.4 Å². The van der Waals surface area contributed by atoms with Gasteiger partial charge in [-0.15, -0.1) is 11.3 Å². The van der Waals surface area contributed by atoms with Crippen molar-refractivity contribution >= 4 is 22.4 Å². The highest BCUT2D eigenvalue weighted by atomic mass is 32.1. The number of anilines is 1. The molecular formula is C11H12N4O3S. The van der Waals surface area contributed by atoms with E-state index in [1.807, 2.05) is 0 Å². The summed E-state index contributed by atoms with van der Waals surface area (Å²) >= 11 is 1.32. The number of hydrogen-bond donors (Lipinski definition) is 3. The quantitative estimate of drug-likeness (QED) is 0.753. The van der Waals surface area contributed by atoms with Gasteiger partial charge in [0.25, 0.3) is 5.56 Å². The number of carbonyl (C=O) groups excluding carboxylic acids is 1. The van der Waals surface area contributed by atoms with Crippen molar-refractivity contribution in [1.29, 1.82) is 0 Å². The molecule has 0 fully saturated rings.